The molecule has 0 saturated carbocycles. The Kier molecular flexibility index (Phi) is 8.86. The van der Waals surface area contributed by atoms with Crippen LogP contribution in [0.15, 0.2) is 24.3 Å². The maximum Gasteiger partial charge on any atom is 0.0492 e. The van der Waals surface area contributed by atoms with Crippen LogP contribution in [-0.2, 0) is 32.5 Å². The molecule has 2 aromatic rings. The lowest BCUT2D eigenvalue weighted by Crippen LogP contribution is -2.31. The van der Waals surface area contributed by atoms with Crippen molar-refractivity contribution < 1.29 is 0 Å². The van der Waals surface area contributed by atoms with E-state index in [9.17, 15) is 0 Å². The summed E-state index contributed by atoms with van der Waals surface area (Å²) in [7, 11) is -1.18. The lowest BCUT2D eigenvalue weighted by Gasteiger charge is -2.36. The Bertz CT molecular complexity index is 1200. The van der Waals surface area contributed by atoms with E-state index >= 15 is 0 Å². The molecular weight excluding hydrogens is 489 g/mol. The molecule has 0 fully saturated rings. The zero-order valence-corrected chi connectivity index (χ0v) is 29.7. The maximum atomic E-state index is 7.38. The van der Waals surface area contributed by atoms with Gasteiger partial charge in [0.15, 0.2) is 0 Å². The molecule has 218 valence electrons. The van der Waals surface area contributed by atoms with Gasteiger partial charge in [-0.3, -0.25) is 0 Å². The second-order valence-electron chi connectivity index (χ2n) is 17.8. The summed E-state index contributed by atoms with van der Waals surface area (Å²) < 4.78 is 0. The quantitative estimate of drug-likeness (QED) is 0.349. The Balaban J connectivity index is 3.01. The molecule has 0 amide bonds. The molecule has 1 N–H and O–H groups in total. The molecule has 1 unspecified atom stereocenters. The first-order valence-corrected chi connectivity index (χ1v) is 16.2. The minimum atomic E-state index is -1.18. The van der Waals surface area contributed by atoms with Crippen molar-refractivity contribution in [1.29, 1.82) is 0 Å². The summed E-state index contributed by atoms with van der Waals surface area (Å²) in [4.78, 5) is 0. The number of hydrogen-bond acceptors (Lipinski definition) is 1. The van der Waals surface area contributed by atoms with Gasteiger partial charge in [0.1, 0.15) is 0 Å². The topological polar surface area (TPSA) is 12.0 Å². The predicted octanol–water partition coefficient (Wildman–Crippen LogP) is 11.2. The number of nitrogens with one attached hydrogen (secondary N) is 1. The highest BCUT2D eigenvalue weighted by Gasteiger charge is 2.33. The van der Waals surface area contributed by atoms with Crippen LogP contribution in [0.1, 0.15) is 158 Å². The Morgan fingerprint density at radius 2 is 0.692 bits per heavy atom. The molecule has 0 heterocycles. The first-order chi connectivity index (χ1) is 17.1. The van der Waals surface area contributed by atoms with Crippen LogP contribution in [0.2, 0.25) is 0 Å². The van der Waals surface area contributed by atoms with E-state index in [-0.39, 0.29) is 32.5 Å². The van der Waals surface area contributed by atoms with Gasteiger partial charge in [0.2, 0.25) is 0 Å². The van der Waals surface area contributed by atoms with Crippen LogP contribution in [0.25, 0.3) is 0 Å². The summed E-state index contributed by atoms with van der Waals surface area (Å²) in [5.74, 6) is 0. The van der Waals surface area contributed by atoms with Crippen LogP contribution >= 0.6 is 7.53 Å². The molecule has 0 bridgehead atoms. The van der Waals surface area contributed by atoms with Gasteiger partial charge in [-0.25, -0.2) is 0 Å². The van der Waals surface area contributed by atoms with Gasteiger partial charge in [-0.15, -0.1) is 6.13 Å². The Hall–Kier alpha value is -1.68. The van der Waals surface area contributed by atoms with E-state index in [1.165, 1.54) is 44.4 Å². The Labute approximate surface area is 244 Å². The summed E-state index contributed by atoms with van der Waals surface area (Å²) in [5.41, 5.74) is 9.39. The molecule has 0 aliphatic carbocycles. The molecule has 0 spiro atoms. The van der Waals surface area contributed by atoms with Crippen LogP contribution in [-0.4, -0.2) is 0 Å². The highest BCUT2D eigenvalue weighted by Crippen LogP contribution is 2.45. The number of anilines is 1. The van der Waals surface area contributed by atoms with Crippen molar-refractivity contribution >= 4 is 18.5 Å². The van der Waals surface area contributed by atoms with Crippen molar-refractivity contribution in [3.8, 4) is 6.13 Å². The van der Waals surface area contributed by atoms with Gasteiger partial charge in [0.25, 0.3) is 0 Å². The summed E-state index contributed by atoms with van der Waals surface area (Å²) in [5, 5.41) is 5.32. The van der Waals surface area contributed by atoms with Crippen molar-refractivity contribution in [2.75, 3.05) is 5.09 Å². The molecule has 2 rings (SSSR count). The summed E-state index contributed by atoms with van der Waals surface area (Å²) in [6.45, 7) is 41.8. The SMILES string of the molecule is C#P(Nc1c(C(C)(C)C)cc(C(C)(C)C)cc1C(C)(C)C)c1c(C(C)(C)C)cc(C(C)(C)C)cc1C(C)(C)C. The number of benzene rings is 2. The van der Waals surface area contributed by atoms with Gasteiger partial charge in [-0.2, -0.15) is 0 Å². The van der Waals surface area contributed by atoms with E-state index in [0.717, 1.165) is 0 Å². The van der Waals surface area contributed by atoms with Crippen molar-refractivity contribution in [3.05, 3.63) is 57.6 Å². The lowest BCUT2D eigenvalue weighted by atomic mass is 9.74. The molecule has 1 nitrogen and oxygen atoms in total. The molecule has 0 aromatic heterocycles. The zero-order valence-electron chi connectivity index (χ0n) is 28.8. The molecule has 0 saturated heterocycles. The van der Waals surface area contributed by atoms with Crippen LogP contribution in [0.4, 0.5) is 5.69 Å². The fourth-order valence-electron chi connectivity index (χ4n) is 5.03. The summed E-state index contributed by atoms with van der Waals surface area (Å²) >= 11 is 0. The second kappa shape index (κ2) is 10.3. The van der Waals surface area contributed by atoms with E-state index in [1.807, 2.05) is 0 Å². The van der Waals surface area contributed by atoms with Gasteiger partial charge in [0, 0.05) is 18.5 Å². The predicted molar refractivity (Wildman–Crippen MR) is 180 cm³/mol. The molecule has 2 aromatic carbocycles. The van der Waals surface area contributed by atoms with Crippen LogP contribution in [0.3, 0.4) is 0 Å². The van der Waals surface area contributed by atoms with E-state index in [1.54, 1.807) is 0 Å². The second-order valence-corrected chi connectivity index (χ2v) is 19.3. The van der Waals surface area contributed by atoms with E-state index in [4.69, 9.17) is 6.13 Å². The molecular formula is C37H60NP. The van der Waals surface area contributed by atoms with Crippen molar-refractivity contribution in [3.63, 3.8) is 0 Å². The fraction of sp³-hybridized carbons (Fsp3) is 0.649. The van der Waals surface area contributed by atoms with Crippen molar-refractivity contribution in [2.45, 2.75) is 157 Å². The van der Waals surface area contributed by atoms with Crippen molar-refractivity contribution in [1.82, 2.24) is 0 Å². The fourth-order valence-corrected chi connectivity index (χ4v) is 6.94. The average molecular weight is 550 g/mol. The first-order valence-electron chi connectivity index (χ1n) is 14.8. The minimum Gasteiger partial charge on any atom is -0.336 e. The third-order valence-electron chi connectivity index (χ3n) is 7.69. The van der Waals surface area contributed by atoms with Gasteiger partial charge in [-0.1, -0.05) is 149 Å². The van der Waals surface area contributed by atoms with Gasteiger partial charge in [-0.05, 0) is 65.9 Å². The average Bonchev–Trinajstić information content (AvgIpc) is 2.68. The lowest BCUT2D eigenvalue weighted by molar-refractivity contribution is 0.551. The normalized spacial score (nSPS) is 14.4. The van der Waals surface area contributed by atoms with E-state index in [0.29, 0.717) is 0 Å². The highest BCUT2D eigenvalue weighted by molar-refractivity contribution is 7.56. The van der Waals surface area contributed by atoms with Crippen molar-refractivity contribution in [2.24, 2.45) is 0 Å². The van der Waals surface area contributed by atoms with E-state index < -0.39 is 7.53 Å². The Morgan fingerprint density at radius 3 is 0.923 bits per heavy atom. The first kappa shape index (κ1) is 33.5. The van der Waals surface area contributed by atoms with E-state index in [2.05, 4.69) is 154 Å². The molecule has 0 aliphatic heterocycles. The Morgan fingerprint density at radius 1 is 0.436 bits per heavy atom. The van der Waals surface area contributed by atoms with Gasteiger partial charge < -0.3 is 5.09 Å². The standard InChI is InChI=1S/C37H60NP/c1-32(2,3)24-20-26(34(7,8)9)30(27(21-24)35(10,11)12)38-39(19)31-28(36(13,14)15)22-25(33(4,5)6)23-29(31)37(16,17)18/h19-23,38H,1-18H3. The monoisotopic (exact) mass is 549 g/mol. The number of hydrogen-bond donors (Lipinski definition) is 1. The molecule has 0 aliphatic rings. The zero-order chi connectivity index (χ0) is 30.7. The smallest absolute Gasteiger partial charge is 0.0492 e. The minimum absolute atomic E-state index is 0.0322. The molecule has 1 atom stereocenters. The third-order valence-corrected chi connectivity index (χ3v) is 9.11. The third kappa shape index (κ3) is 7.75. The van der Waals surface area contributed by atoms with Gasteiger partial charge >= 0.3 is 0 Å². The largest absolute Gasteiger partial charge is 0.336 e. The van der Waals surface area contributed by atoms with Crippen LogP contribution in [0.5, 0.6) is 0 Å². The molecule has 2 heteroatoms. The molecule has 0 radical (unpaired) electrons. The van der Waals surface area contributed by atoms with Crippen LogP contribution < -0.4 is 10.4 Å². The molecule has 39 heavy (non-hydrogen) atoms. The van der Waals surface area contributed by atoms with Gasteiger partial charge in [0.05, 0.1) is 0 Å². The summed E-state index contributed by atoms with van der Waals surface area (Å²) in [6.07, 6.45) is 7.38. The highest BCUT2D eigenvalue weighted by atomic mass is 31.1. The van der Waals surface area contributed by atoms with Crippen LogP contribution in [0, 0.1) is 6.13 Å². The summed E-state index contributed by atoms with van der Waals surface area (Å²) in [6, 6.07) is 9.73. The number of rotatable bonds is 1. The maximum absolute atomic E-state index is 7.38.